The first-order valence-corrected chi connectivity index (χ1v) is 7.02. The van der Waals surface area contributed by atoms with Gasteiger partial charge in [-0.15, -0.1) is 0 Å². The Hall–Kier alpha value is -0.800. The second-order valence-corrected chi connectivity index (χ2v) is 5.49. The zero-order valence-electron chi connectivity index (χ0n) is 10.5. The van der Waals surface area contributed by atoms with Gasteiger partial charge in [-0.05, 0) is 69.3 Å². The molecular weight excluding hydrogens is 210 g/mol. The van der Waals surface area contributed by atoms with Crippen LogP contribution >= 0.6 is 0 Å². The Morgan fingerprint density at radius 3 is 3.06 bits per heavy atom. The molecule has 3 heterocycles. The van der Waals surface area contributed by atoms with E-state index in [0.29, 0.717) is 6.17 Å². The van der Waals surface area contributed by atoms with Crippen molar-refractivity contribution in [2.24, 2.45) is 5.92 Å². The standard InChI is InChI=1S/C14H23N3/c1-3-11(10-15-7-1)9-13-6-5-12-4-2-8-16-14(12)17-13/h5-6,11,14-17H,1-4,7-10H2. The summed E-state index contributed by atoms with van der Waals surface area (Å²) >= 11 is 0. The Kier molecular flexibility index (Phi) is 3.48. The summed E-state index contributed by atoms with van der Waals surface area (Å²) in [5, 5.41) is 10.7. The van der Waals surface area contributed by atoms with Crippen molar-refractivity contribution in [2.75, 3.05) is 19.6 Å². The molecule has 2 saturated heterocycles. The van der Waals surface area contributed by atoms with Crippen molar-refractivity contribution in [1.29, 1.82) is 0 Å². The lowest BCUT2D eigenvalue weighted by molar-refractivity contribution is 0.358. The van der Waals surface area contributed by atoms with E-state index in [-0.39, 0.29) is 0 Å². The first kappa shape index (κ1) is 11.3. The Bertz CT molecular complexity index is 326. The number of hydrogen-bond acceptors (Lipinski definition) is 3. The van der Waals surface area contributed by atoms with Gasteiger partial charge >= 0.3 is 0 Å². The van der Waals surface area contributed by atoms with Gasteiger partial charge in [-0.3, -0.25) is 5.32 Å². The molecule has 0 aromatic rings. The number of rotatable bonds is 2. The SMILES string of the molecule is C1=C(CC2CCCNC2)NC2NCCCC2=C1. The van der Waals surface area contributed by atoms with Gasteiger partial charge in [0.05, 0.1) is 6.17 Å². The fourth-order valence-electron chi connectivity index (χ4n) is 3.11. The van der Waals surface area contributed by atoms with Crippen LogP contribution in [0.4, 0.5) is 0 Å². The molecule has 2 unspecified atom stereocenters. The topological polar surface area (TPSA) is 36.1 Å². The van der Waals surface area contributed by atoms with E-state index < -0.39 is 0 Å². The summed E-state index contributed by atoms with van der Waals surface area (Å²) in [6.07, 6.45) is 11.5. The molecule has 0 aromatic heterocycles. The number of nitrogens with one attached hydrogen (secondary N) is 3. The summed E-state index contributed by atoms with van der Waals surface area (Å²) in [5.41, 5.74) is 2.95. The third-order valence-corrected chi connectivity index (χ3v) is 4.10. The van der Waals surface area contributed by atoms with Crippen LogP contribution in [0.1, 0.15) is 32.1 Å². The maximum Gasteiger partial charge on any atom is 0.0991 e. The molecule has 3 aliphatic rings. The molecule has 3 aliphatic heterocycles. The molecule has 0 aliphatic carbocycles. The van der Waals surface area contributed by atoms with Gasteiger partial charge in [-0.25, -0.2) is 0 Å². The van der Waals surface area contributed by atoms with Gasteiger partial charge in [0.15, 0.2) is 0 Å². The Labute approximate surface area is 104 Å². The van der Waals surface area contributed by atoms with E-state index in [9.17, 15) is 0 Å². The largest absolute Gasteiger partial charge is 0.370 e. The molecule has 0 aromatic carbocycles. The van der Waals surface area contributed by atoms with Crippen molar-refractivity contribution in [1.82, 2.24) is 16.0 Å². The molecule has 3 N–H and O–H groups in total. The minimum atomic E-state index is 0.417. The summed E-state index contributed by atoms with van der Waals surface area (Å²) < 4.78 is 0. The highest BCUT2D eigenvalue weighted by Crippen LogP contribution is 2.23. The smallest absolute Gasteiger partial charge is 0.0991 e. The highest BCUT2D eigenvalue weighted by Gasteiger charge is 2.22. The molecule has 0 spiro atoms. The van der Waals surface area contributed by atoms with Crippen molar-refractivity contribution in [2.45, 2.75) is 38.3 Å². The van der Waals surface area contributed by atoms with Gasteiger partial charge < -0.3 is 10.6 Å². The highest BCUT2D eigenvalue weighted by molar-refractivity contribution is 5.28. The summed E-state index contributed by atoms with van der Waals surface area (Å²) in [4.78, 5) is 0. The van der Waals surface area contributed by atoms with E-state index in [1.165, 1.54) is 56.5 Å². The van der Waals surface area contributed by atoms with Gasteiger partial charge in [0.25, 0.3) is 0 Å². The molecule has 0 radical (unpaired) electrons. The molecular formula is C14H23N3. The molecule has 3 nitrogen and oxygen atoms in total. The third-order valence-electron chi connectivity index (χ3n) is 4.10. The predicted molar refractivity (Wildman–Crippen MR) is 70.5 cm³/mol. The van der Waals surface area contributed by atoms with Crippen LogP contribution in [0.3, 0.4) is 0 Å². The van der Waals surface area contributed by atoms with Gasteiger partial charge in [0, 0.05) is 5.70 Å². The Morgan fingerprint density at radius 1 is 1.18 bits per heavy atom. The molecule has 94 valence electrons. The quantitative estimate of drug-likeness (QED) is 0.676. The summed E-state index contributed by atoms with van der Waals surface area (Å²) in [6.45, 7) is 3.54. The highest BCUT2D eigenvalue weighted by atomic mass is 15.1. The second kappa shape index (κ2) is 5.23. The number of fused-ring (bicyclic) bond motifs is 1. The number of dihydropyridines is 1. The number of hydrogen-bond donors (Lipinski definition) is 3. The fraction of sp³-hybridized carbons (Fsp3) is 0.714. The minimum Gasteiger partial charge on any atom is -0.370 e. The molecule has 2 fully saturated rings. The molecule has 17 heavy (non-hydrogen) atoms. The van der Waals surface area contributed by atoms with Crippen molar-refractivity contribution in [3.05, 3.63) is 23.4 Å². The van der Waals surface area contributed by atoms with Crippen molar-refractivity contribution in [3.63, 3.8) is 0 Å². The number of allylic oxidation sites excluding steroid dienone is 3. The molecule has 0 saturated carbocycles. The lowest BCUT2D eigenvalue weighted by atomic mass is 9.92. The van der Waals surface area contributed by atoms with Crippen molar-refractivity contribution in [3.8, 4) is 0 Å². The lowest BCUT2D eigenvalue weighted by Gasteiger charge is -2.33. The van der Waals surface area contributed by atoms with E-state index in [4.69, 9.17) is 0 Å². The number of piperidine rings is 2. The van der Waals surface area contributed by atoms with E-state index in [2.05, 4.69) is 28.1 Å². The zero-order chi connectivity index (χ0) is 11.5. The lowest BCUT2D eigenvalue weighted by Crippen LogP contribution is -2.48. The molecule has 0 amide bonds. The van der Waals surface area contributed by atoms with E-state index >= 15 is 0 Å². The summed E-state index contributed by atoms with van der Waals surface area (Å²) in [6, 6.07) is 0. The van der Waals surface area contributed by atoms with Gasteiger partial charge in [-0.2, -0.15) is 0 Å². The molecule has 0 bridgehead atoms. The first-order valence-electron chi connectivity index (χ1n) is 7.02. The van der Waals surface area contributed by atoms with Crippen LogP contribution < -0.4 is 16.0 Å². The predicted octanol–water partition coefficient (Wildman–Crippen LogP) is 1.50. The average molecular weight is 233 g/mol. The van der Waals surface area contributed by atoms with Crippen LogP contribution in [0.2, 0.25) is 0 Å². The zero-order valence-corrected chi connectivity index (χ0v) is 10.5. The van der Waals surface area contributed by atoms with Gasteiger partial charge in [0.1, 0.15) is 0 Å². The summed E-state index contributed by atoms with van der Waals surface area (Å²) in [7, 11) is 0. The van der Waals surface area contributed by atoms with E-state index in [1.54, 1.807) is 0 Å². The third kappa shape index (κ3) is 2.72. The minimum absolute atomic E-state index is 0.417. The normalized spacial score (nSPS) is 33.2. The summed E-state index contributed by atoms with van der Waals surface area (Å²) in [5.74, 6) is 0.820. The fourth-order valence-corrected chi connectivity index (χ4v) is 3.11. The van der Waals surface area contributed by atoms with E-state index in [1.807, 2.05) is 0 Å². The van der Waals surface area contributed by atoms with Gasteiger partial charge in [-0.1, -0.05) is 6.08 Å². The van der Waals surface area contributed by atoms with Crippen LogP contribution in [0, 0.1) is 5.92 Å². The second-order valence-electron chi connectivity index (χ2n) is 5.49. The van der Waals surface area contributed by atoms with Crippen molar-refractivity contribution >= 4 is 0 Å². The monoisotopic (exact) mass is 233 g/mol. The molecule has 2 atom stereocenters. The average Bonchev–Trinajstić information content (AvgIpc) is 2.40. The maximum absolute atomic E-state index is 3.66. The molecule has 3 heteroatoms. The maximum atomic E-state index is 3.66. The molecule has 3 rings (SSSR count). The van der Waals surface area contributed by atoms with E-state index in [0.717, 1.165) is 12.5 Å². The van der Waals surface area contributed by atoms with Crippen LogP contribution in [-0.2, 0) is 0 Å². The van der Waals surface area contributed by atoms with Crippen molar-refractivity contribution < 1.29 is 0 Å². The Morgan fingerprint density at radius 2 is 2.18 bits per heavy atom. The first-order chi connectivity index (χ1) is 8.42. The van der Waals surface area contributed by atoms with Gasteiger partial charge in [0.2, 0.25) is 0 Å². The Balaban J connectivity index is 1.60. The van der Waals surface area contributed by atoms with Crippen LogP contribution in [0.15, 0.2) is 23.4 Å². The van der Waals surface area contributed by atoms with Crippen LogP contribution in [0.5, 0.6) is 0 Å². The van der Waals surface area contributed by atoms with Crippen LogP contribution in [-0.4, -0.2) is 25.8 Å². The van der Waals surface area contributed by atoms with Crippen LogP contribution in [0.25, 0.3) is 0 Å².